The molecule has 1 amide bonds. The molecule has 3 rings (SSSR count). The quantitative estimate of drug-likeness (QED) is 0.731. The zero-order valence-electron chi connectivity index (χ0n) is 15.1. The molecule has 0 spiro atoms. The fourth-order valence-electron chi connectivity index (χ4n) is 2.97. The molecule has 1 heterocycles. The number of benzene rings is 1. The lowest BCUT2D eigenvalue weighted by Crippen LogP contribution is -2.50. The zero-order valence-corrected chi connectivity index (χ0v) is 15.1. The second kappa shape index (κ2) is 9.06. The van der Waals surface area contributed by atoms with Crippen molar-refractivity contribution in [2.45, 2.75) is 25.8 Å². The van der Waals surface area contributed by atoms with Crippen molar-refractivity contribution in [3.63, 3.8) is 0 Å². The summed E-state index contributed by atoms with van der Waals surface area (Å²) >= 11 is 0. The molecule has 0 unspecified atom stereocenters. The van der Waals surface area contributed by atoms with Crippen LogP contribution in [-0.2, 0) is 4.79 Å². The van der Waals surface area contributed by atoms with Gasteiger partial charge in [0.15, 0.2) is 0 Å². The second-order valence-corrected chi connectivity index (χ2v) is 6.71. The van der Waals surface area contributed by atoms with Gasteiger partial charge in [-0.25, -0.2) is 0 Å². The Labute approximate surface area is 150 Å². The highest BCUT2D eigenvalue weighted by Gasteiger charge is 2.25. The normalized spacial score (nSPS) is 18.8. The Kier molecular flexibility index (Phi) is 6.53. The Morgan fingerprint density at radius 2 is 1.64 bits per heavy atom. The maximum atomic E-state index is 11.8. The number of nitrogens with zero attached hydrogens (tertiary/aromatic N) is 2. The molecule has 0 bridgehead atoms. The predicted molar refractivity (Wildman–Crippen MR) is 97.2 cm³/mol. The molecule has 0 atom stereocenters. The number of carbonyl (C=O) groups is 1. The first kappa shape index (κ1) is 18.0. The van der Waals surface area contributed by atoms with Gasteiger partial charge >= 0.3 is 0 Å². The van der Waals surface area contributed by atoms with Crippen molar-refractivity contribution in [2.24, 2.45) is 0 Å². The molecule has 0 aromatic heterocycles. The zero-order chi connectivity index (χ0) is 17.5. The molecule has 1 N–H and O–H groups in total. The predicted octanol–water partition coefficient (Wildman–Crippen LogP) is 1.36. The van der Waals surface area contributed by atoms with E-state index < -0.39 is 0 Å². The smallest absolute Gasteiger partial charge is 0.234 e. The van der Waals surface area contributed by atoms with Crippen molar-refractivity contribution >= 4 is 5.91 Å². The van der Waals surface area contributed by atoms with E-state index in [0.29, 0.717) is 25.8 Å². The van der Waals surface area contributed by atoms with Crippen molar-refractivity contribution < 1.29 is 14.3 Å². The van der Waals surface area contributed by atoms with E-state index in [2.05, 4.69) is 15.1 Å². The Balaban J connectivity index is 1.29. The molecular weight excluding hydrogens is 318 g/mol. The van der Waals surface area contributed by atoms with Crippen molar-refractivity contribution in [3.8, 4) is 11.5 Å². The molecule has 6 nitrogen and oxygen atoms in total. The van der Waals surface area contributed by atoms with Crippen LogP contribution in [0.25, 0.3) is 0 Å². The molecule has 25 heavy (non-hydrogen) atoms. The van der Waals surface area contributed by atoms with E-state index in [1.807, 2.05) is 31.2 Å². The minimum absolute atomic E-state index is 0.176. The first-order valence-electron chi connectivity index (χ1n) is 9.32. The van der Waals surface area contributed by atoms with Gasteiger partial charge < -0.3 is 14.8 Å². The number of hydrogen-bond acceptors (Lipinski definition) is 5. The monoisotopic (exact) mass is 347 g/mol. The fourth-order valence-corrected chi connectivity index (χ4v) is 2.97. The standard InChI is InChI=1S/C19H29N3O3/c1-2-24-17-5-7-18(8-6-17)25-14-13-21-9-11-22(12-10-21)15-19(23)20-16-3-4-16/h5-8,16H,2-4,9-15H2,1H3,(H,20,23). The van der Waals surface area contributed by atoms with Crippen LogP contribution in [0.4, 0.5) is 0 Å². The van der Waals surface area contributed by atoms with Gasteiger partial charge in [-0.15, -0.1) is 0 Å². The van der Waals surface area contributed by atoms with Crippen molar-refractivity contribution in [2.75, 3.05) is 52.5 Å². The van der Waals surface area contributed by atoms with Crippen LogP contribution in [0.15, 0.2) is 24.3 Å². The van der Waals surface area contributed by atoms with Crippen LogP contribution in [-0.4, -0.2) is 74.2 Å². The maximum Gasteiger partial charge on any atom is 0.234 e. The van der Waals surface area contributed by atoms with Crippen LogP contribution in [0.5, 0.6) is 11.5 Å². The Morgan fingerprint density at radius 3 is 2.24 bits per heavy atom. The van der Waals surface area contributed by atoms with Gasteiger partial charge in [0.1, 0.15) is 18.1 Å². The molecule has 1 aromatic carbocycles. The average Bonchev–Trinajstić information content (AvgIpc) is 3.42. The molecule has 1 aliphatic heterocycles. The second-order valence-electron chi connectivity index (χ2n) is 6.71. The minimum atomic E-state index is 0.176. The maximum absolute atomic E-state index is 11.8. The van der Waals surface area contributed by atoms with Gasteiger partial charge in [0.05, 0.1) is 13.2 Å². The average molecular weight is 347 g/mol. The number of rotatable bonds is 9. The number of hydrogen-bond donors (Lipinski definition) is 1. The highest BCUT2D eigenvalue weighted by molar-refractivity contribution is 5.78. The molecule has 1 aromatic rings. The third kappa shape index (κ3) is 6.21. The van der Waals surface area contributed by atoms with Gasteiger partial charge in [0, 0.05) is 38.8 Å². The first-order valence-corrected chi connectivity index (χ1v) is 9.32. The molecule has 0 radical (unpaired) electrons. The van der Waals surface area contributed by atoms with E-state index in [1.54, 1.807) is 0 Å². The Hall–Kier alpha value is -1.79. The lowest BCUT2D eigenvalue weighted by Gasteiger charge is -2.34. The summed E-state index contributed by atoms with van der Waals surface area (Å²) in [5, 5.41) is 3.05. The third-order valence-electron chi connectivity index (χ3n) is 4.59. The molecule has 2 aliphatic rings. The van der Waals surface area contributed by atoms with Gasteiger partial charge in [-0.05, 0) is 44.0 Å². The number of nitrogens with one attached hydrogen (secondary N) is 1. The summed E-state index contributed by atoms with van der Waals surface area (Å²) in [4.78, 5) is 16.5. The van der Waals surface area contributed by atoms with Crippen molar-refractivity contribution in [3.05, 3.63) is 24.3 Å². The molecule has 1 aliphatic carbocycles. The Morgan fingerprint density at radius 1 is 1.04 bits per heavy atom. The van der Waals surface area contributed by atoms with E-state index in [4.69, 9.17) is 9.47 Å². The van der Waals surface area contributed by atoms with Crippen LogP contribution in [0.3, 0.4) is 0 Å². The first-order chi connectivity index (χ1) is 12.2. The Bertz CT molecular complexity index is 537. The molecule has 138 valence electrons. The number of ether oxygens (including phenoxy) is 2. The topological polar surface area (TPSA) is 54.0 Å². The van der Waals surface area contributed by atoms with Gasteiger partial charge in [-0.2, -0.15) is 0 Å². The summed E-state index contributed by atoms with van der Waals surface area (Å²) in [6.07, 6.45) is 2.29. The highest BCUT2D eigenvalue weighted by atomic mass is 16.5. The highest BCUT2D eigenvalue weighted by Crippen LogP contribution is 2.19. The molecule has 2 fully saturated rings. The summed E-state index contributed by atoms with van der Waals surface area (Å²) in [6.45, 7) is 8.64. The van der Waals surface area contributed by atoms with Gasteiger partial charge in [-0.1, -0.05) is 0 Å². The summed E-state index contributed by atoms with van der Waals surface area (Å²) in [5.41, 5.74) is 0. The molecule has 1 saturated heterocycles. The van der Waals surface area contributed by atoms with E-state index in [-0.39, 0.29) is 5.91 Å². The lowest BCUT2D eigenvalue weighted by atomic mass is 10.3. The van der Waals surface area contributed by atoms with Crippen molar-refractivity contribution in [1.82, 2.24) is 15.1 Å². The van der Waals surface area contributed by atoms with Gasteiger partial charge in [0.2, 0.25) is 5.91 Å². The third-order valence-corrected chi connectivity index (χ3v) is 4.59. The summed E-state index contributed by atoms with van der Waals surface area (Å²) < 4.78 is 11.2. The molecule has 6 heteroatoms. The summed E-state index contributed by atoms with van der Waals surface area (Å²) in [5.74, 6) is 1.92. The van der Waals surface area contributed by atoms with E-state index in [1.165, 1.54) is 0 Å². The van der Waals surface area contributed by atoms with E-state index in [0.717, 1.165) is 57.1 Å². The number of amides is 1. The fraction of sp³-hybridized carbons (Fsp3) is 0.632. The van der Waals surface area contributed by atoms with Crippen LogP contribution < -0.4 is 14.8 Å². The van der Waals surface area contributed by atoms with Crippen LogP contribution in [0.2, 0.25) is 0 Å². The summed E-state index contributed by atoms with van der Waals surface area (Å²) in [6, 6.07) is 8.21. The van der Waals surface area contributed by atoms with Crippen molar-refractivity contribution in [1.29, 1.82) is 0 Å². The van der Waals surface area contributed by atoms with E-state index >= 15 is 0 Å². The molecule has 1 saturated carbocycles. The van der Waals surface area contributed by atoms with Gasteiger partial charge in [0.25, 0.3) is 0 Å². The summed E-state index contributed by atoms with van der Waals surface area (Å²) in [7, 11) is 0. The van der Waals surface area contributed by atoms with Crippen LogP contribution in [0, 0.1) is 0 Å². The molecular formula is C19H29N3O3. The van der Waals surface area contributed by atoms with E-state index in [9.17, 15) is 4.79 Å². The van der Waals surface area contributed by atoms with Crippen LogP contribution >= 0.6 is 0 Å². The number of carbonyl (C=O) groups excluding carboxylic acids is 1. The minimum Gasteiger partial charge on any atom is -0.494 e. The lowest BCUT2D eigenvalue weighted by molar-refractivity contribution is -0.122. The SMILES string of the molecule is CCOc1ccc(OCCN2CCN(CC(=O)NC3CC3)CC2)cc1. The number of piperazine rings is 1. The largest absolute Gasteiger partial charge is 0.494 e. The van der Waals surface area contributed by atoms with Gasteiger partial charge in [-0.3, -0.25) is 14.6 Å². The van der Waals surface area contributed by atoms with Crippen LogP contribution in [0.1, 0.15) is 19.8 Å².